The summed E-state index contributed by atoms with van der Waals surface area (Å²) in [4.78, 5) is 0. The molecule has 0 aliphatic carbocycles. The minimum absolute atomic E-state index is 1.14. The number of rotatable bonds is 2. The molecule has 6 aromatic carbocycles. The maximum atomic E-state index is 2.36. The second kappa shape index (κ2) is 8.95. The zero-order valence-corrected chi connectivity index (χ0v) is 22.9. The molecular weight excluding hydrogens is 508 g/mol. The van der Waals surface area contributed by atoms with Crippen molar-refractivity contribution in [1.82, 2.24) is 8.80 Å². The van der Waals surface area contributed by atoms with Crippen molar-refractivity contribution in [3.63, 3.8) is 0 Å². The number of hydrogen-bond acceptors (Lipinski definition) is 0. The van der Waals surface area contributed by atoms with Gasteiger partial charge in [0.05, 0.1) is 11.0 Å². The molecule has 0 unspecified atom stereocenters. The van der Waals surface area contributed by atoms with Crippen molar-refractivity contribution in [2.75, 3.05) is 0 Å². The van der Waals surface area contributed by atoms with Crippen LogP contribution in [0.4, 0.5) is 0 Å². The van der Waals surface area contributed by atoms with Gasteiger partial charge >= 0.3 is 0 Å². The van der Waals surface area contributed by atoms with E-state index in [1.165, 1.54) is 65.6 Å². The van der Waals surface area contributed by atoms with E-state index in [2.05, 4.69) is 167 Å². The van der Waals surface area contributed by atoms with Crippen LogP contribution in [0.3, 0.4) is 0 Å². The van der Waals surface area contributed by atoms with E-state index >= 15 is 0 Å². The van der Waals surface area contributed by atoms with E-state index in [9.17, 15) is 0 Å². The first-order chi connectivity index (χ1) is 20.8. The van der Waals surface area contributed by atoms with E-state index in [0.29, 0.717) is 0 Å². The molecule has 3 aromatic heterocycles. The molecule has 0 fully saturated rings. The number of benzene rings is 6. The third-order valence-corrected chi connectivity index (χ3v) is 8.72. The fourth-order valence-electron chi connectivity index (χ4n) is 6.69. The molecule has 0 spiro atoms. The number of fused-ring (bicyclic) bond motifs is 9. The SMILES string of the molecule is c1ccc(-c2cn3c4cccc(c4)n4cc(-c5ccccc5)c5ccc(cc54)c4ccccc4c4ccc2c3c4)cc1. The number of nitrogens with zero attached hydrogens (tertiary/aromatic N) is 2. The third-order valence-electron chi connectivity index (χ3n) is 8.72. The van der Waals surface area contributed by atoms with Crippen LogP contribution in [0.25, 0.3) is 76.6 Å². The van der Waals surface area contributed by atoms with Gasteiger partial charge in [-0.25, -0.2) is 0 Å². The summed E-state index contributed by atoms with van der Waals surface area (Å²) in [5, 5.41) is 7.40. The number of hydrogen-bond donors (Lipinski definition) is 0. The van der Waals surface area contributed by atoms with Gasteiger partial charge in [0, 0.05) is 45.3 Å². The number of aromatic nitrogens is 2. The quantitative estimate of drug-likeness (QED) is 0.209. The molecule has 0 saturated carbocycles. The summed E-state index contributed by atoms with van der Waals surface area (Å²) in [6, 6.07) is 53.0. The Balaban J connectivity index is 1.53. The molecule has 2 nitrogen and oxygen atoms in total. The summed E-state index contributed by atoms with van der Waals surface area (Å²) in [5.41, 5.74) is 9.61. The average molecular weight is 535 g/mol. The van der Waals surface area contributed by atoms with Crippen molar-refractivity contribution in [2.24, 2.45) is 0 Å². The van der Waals surface area contributed by atoms with Crippen molar-refractivity contribution in [3.8, 4) is 22.3 Å². The molecule has 2 heteroatoms. The highest BCUT2D eigenvalue weighted by atomic mass is 14.9. The van der Waals surface area contributed by atoms with Crippen molar-refractivity contribution in [2.45, 2.75) is 0 Å². The van der Waals surface area contributed by atoms with Gasteiger partial charge in [0.1, 0.15) is 0 Å². The van der Waals surface area contributed by atoms with E-state index in [0.717, 1.165) is 11.0 Å². The van der Waals surface area contributed by atoms with Crippen LogP contribution >= 0.6 is 0 Å². The van der Waals surface area contributed by atoms with Crippen molar-refractivity contribution in [3.05, 3.63) is 158 Å². The lowest BCUT2D eigenvalue weighted by atomic mass is 10.0. The second-order valence-corrected chi connectivity index (χ2v) is 11.1. The Kier molecular flexibility index (Phi) is 4.93. The lowest BCUT2D eigenvalue weighted by molar-refractivity contribution is 1.25. The molecule has 0 aliphatic rings. The van der Waals surface area contributed by atoms with Crippen molar-refractivity contribution >= 4 is 54.4 Å². The molecule has 9 aromatic rings. The van der Waals surface area contributed by atoms with Crippen LogP contribution in [0.2, 0.25) is 0 Å². The highest BCUT2D eigenvalue weighted by Gasteiger charge is 2.13. The maximum absolute atomic E-state index is 2.36. The second-order valence-electron chi connectivity index (χ2n) is 11.1. The van der Waals surface area contributed by atoms with Gasteiger partial charge in [-0.05, 0) is 63.0 Å². The summed E-state index contributed by atoms with van der Waals surface area (Å²) >= 11 is 0. The van der Waals surface area contributed by atoms with Crippen LogP contribution in [-0.4, -0.2) is 8.80 Å². The van der Waals surface area contributed by atoms with Crippen LogP contribution in [0.1, 0.15) is 0 Å². The van der Waals surface area contributed by atoms with E-state index < -0.39 is 0 Å². The Bertz CT molecular complexity index is 2320. The summed E-state index contributed by atoms with van der Waals surface area (Å²) < 4.78 is 4.72. The zero-order chi connectivity index (χ0) is 27.6. The zero-order valence-electron chi connectivity index (χ0n) is 22.9. The predicted octanol–water partition coefficient (Wildman–Crippen LogP) is 10.7. The molecule has 0 saturated heterocycles. The van der Waals surface area contributed by atoms with Gasteiger partial charge in [-0.15, -0.1) is 0 Å². The van der Waals surface area contributed by atoms with Crippen LogP contribution < -0.4 is 0 Å². The first-order valence-corrected chi connectivity index (χ1v) is 14.4. The van der Waals surface area contributed by atoms with Crippen LogP contribution in [0.5, 0.6) is 0 Å². The fraction of sp³-hybridized carbons (Fsp3) is 0. The minimum atomic E-state index is 1.14. The normalized spacial score (nSPS) is 11.8. The standard InChI is InChI=1S/C40H26N2/c1-3-10-27(11-4-1)37-25-41-31-14-9-15-32(24-31)42-26-38(28-12-5-2-6-13-28)36-21-19-30(23-40(36)42)34-17-8-7-16-33(34)29-18-20-35(37)39(41)22-29/h1-26H. The largest absolute Gasteiger partial charge is 0.316 e. The molecule has 0 atom stereocenters. The Morgan fingerprint density at radius 2 is 0.786 bits per heavy atom. The van der Waals surface area contributed by atoms with Gasteiger partial charge in [0.25, 0.3) is 0 Å². The first-order valence-electron chi connectivity index (χ1n) is 14.4. The molecule has 0 amide bonds. The summed E-state index contributed by atoms with van der Waals surface area (Å²) in [6.45, 7) is 0. The first kappa shape index (κ1) is 23.1. The van der Waals surface area contributed by atoms with Gasteiger partial charge in [-0.1, -0.05) is 115 Å². The molecule has 3 heterocycles. The lowest BCUT2D eigenvalue weighted by Gasteiger charge is -2.03. The molecule has 0 aliphatic heterocycles. The molecule has 0 N–H and O–H groups in total. The highest BCUT2D eigenvalue weighted by Crippen LogP contribution is 2.36. The molecule has 42 heavy (non-hydrogen) atoms. The smallest absolute Gasteiger partial charge is 0.0541 e. The molecular formula is C40H26N2. The van der Waals surface area contributed by atoms with Gasteiger partial charge in [-0.3, -0.25) is 0 Å². The summed E-state index contributed by atoms with van der Waals surface area (Å²) in [7, 11) is 0. The van der Waals surface area contributed by atoms with Gasteiger partial charge in [0.15, 0.2) is 0 Å². The van der Waals surface area contributed by atoms with Crippen molar-refractivity contribution < 1.29 is 0 Å². The van der Waals surface area contributed by atoms with Gasteiger partial charge in [-0.2, -0.15) is 0 Å². The molecule has 0 radical (unpaired) electrons. The third kappa shape index (κ3) is 3.45. The topological polar surface area (TPSA) is 8.82 Å². The maximum Gasteiger partial charge on any atom is 0.0541 e. The molecule has 9 rings (SSSR count). The lowest BCUT2D eigenvalue weighted by Crippen LogP contribution is -1.85. The molecule has 196 valence electrons. The summed E-state index contributed by atoms with van der Waals surface area (Å²) in [5.74, 6) is 0. The monoisotopic (exact) mass is 534 g/mol. The van der Waals surface area contributed by atoms with Crippen LogP contribution in [0.15, 0.2) is 158 Å². The van der Waals surface area contributed by atoms with E-state index in [-0.39, 0.29) is 0 Å². The molecule has 6 bridgehead atoms. The average Bonchev–Trinajstić information content (AvgIpc) is 3.64. The fourth-order valence-corrected chi connectivity index (χ4v) is 6.69. The Hall–Kier alpha value is -5.60. The predicted molar refractivity (Wildman–Crippen MR) is 178 cm³/mol. The Morgan fingerprint density at radius 1 is 0.333 bits per heavy atom. The van der Waals surface area contributed by atoms with E-state index in [1.807, 2.05) is 0 Å². The van der Waals surface area contributed by atoms with E-state index in [1.54, 1.807) is 0 Å². The van der Waals surface area contributed by atoms with Crippen LogP contribution in [-0.2, 0) is 0 Å². The summed E-state index contributed by atoms with van der Waals surface area (Å²) in [6.07, 6.45) is 4.60. The van der Waals surface area contributed by atoms with Crippen molar-refractivity contribution in [1.29, 1.82) is 0 Å². The highest BCUT2D eigenvalue weighted by molar-refractivity contribution is 6.11. The van der Waals surface area contributed by atoms with Gasteiger partial charge in [0.2, 0.25) is 0 Å². The Morgan fingerprint density at radius 3 is 1.26 bits per heavy atom. The minimum Gasteiger partial charge on any atom is -0.316 e. The van der Waals surface area contributed by atoms with E-state index in [4.69, 9.17) is 0 Å². The Labute approximate surface area is 243 Å². The van der Waals surface area contributed by atoms with Crippen LogP contribution in [0, 0.1) is 0 Å². The van der Waals surface area contributed by atoms with Gasteiger partial charge < -0.3 is 8.80 Å².